The molecule has 0 amide bonds. The second-order valence-electron chi connectivity index (χ2n) is 4.37. The Morgan fingerprint density at radius 2 is 1.94 bits per heavy atom. The van der Waals surface area contributed by atoms with E-state index in [9.17, 15) is 13.2 Å². The minimum atomic E-state index is -3.60. The molecule has 0 bridgehead atoms. The number of rotatable bonds is 5. The third kappa shape index (κ3) is 3.64. The van der Waals surface area contributed by atoms with Crippen molar-refractivity contribution in [3.05, 3.63) is 0 Å². The Morgan fingerprint density at radius 3 is 2.39 bits per heavy atom. The van der Waals surface area contributed by atoms with Crippen LogP contribution in [0, 0.1) is 0 Å². The van der Waals surface area contributed by atoms with Gasteiger partial charge in [0.05, 0.1) is 7.11 Å². The van der Waals surface area contributed by atoms with Crippen LogP contribution in [0.3, 0.4) is 0 Å². The number of piperazine rings is 1. The number of carbonyl (C=O) groups is 1. The molecule has 18 heavy (non-hydrogen) atoms. The molecule has 0 spiro atoms. The normalized spacial score (nSPS) is 18.3. The molecule has 0 unspecified atom stereocenters. The van der Waals surface area contributed by atoms with Gasteiger partial charge < -0.3 is 10.1 Å². The molecule has 0 aromatic heterocycles. The van der Waals surface area contributed by atoms with Crippen LogP contribution in [0.15, 0.2) is 0 Å². The summed E-state index contributed by atoms with van der Waals surface area (Å²) >= 11 is 0. The third-order valence-corrected chi connectivity index (χ3v) is 4.95. The van der Waals surface area contributed by atoms with Gasteiger partial charge in [-0.2, -0.15) is 17.0 Å². The van der Waals surface area contributed by atoms with E-state index in [2.05, 4.69) is 10.1 Å². The molecular formula is C10H21N3O4S. The maximum atomic E-state index is 12.4. The molecule has 0 radical (unpaired) electrons. The van der Waals surface area contributed by atoms with Gasteiger partial charge in [-0.05, 0) is 13.8 Å². The molecule has 1 heterocycles. The molecule has 8 heteroatoms. The van der Waals surface area contributed by atoms with E-state index in [1.807, 2.05) is 0 Å². The van der Waals surface area contributed by atoms with Crippen LogP contribution in [0.1, 0.15) is 13.8 Å². The highest BCUT2D eigenvalue weighted by molar-refractivity contribution is 7.86. The molecule has 1 fully saturated rings. The van der Waals surface area contributed by atoms with Gasteiger partial charge in [-0.15, -0.1) is 0 Å². The number of nitrogens with zero attached hydrogens (tertiary/aromatic N) is 2. The standard InChI is InChI=1S/C10H21N3O4S/c1-9(2)13(8-10(14)17-3)18(15,16)12-6-4-11-5-7-12/h9,11H,4-8H2,1-3H3. The molecule has 1 saturated heterocycles. The Morgan fingerprint density at radius 1 is 1.39 bits per heavy atom. The van der Waals surface area contributed by atoms with Crippen molar-refractivity contribution in [3.63, 3.8) is 0 Å². The van der Waals surface area contributed by atoms with Gasteiger partial charge in [-0.25, -0.2) is 0 Å². The van der Waals surface area contributed by atoms with Crippen molar-refractivity contribution in [1.29, 1.82) is 0 Å². The van der Waals surface area contributed by atoms with Gasteiger partial charge in [0.15, 0.2) is 0 Å². The van der Waals surface area contributed by atoms with Crippen molar-refractivity contribution in [3.8, 4) is 0 Å². The SMILES string of the molecule is COC(=O)CN(C(C)C)S(=O)(=O)N1CCNCC1. The number of hydrogen-bond donors (Lipinski definition) is 1. The van der Waals surface area contributed by atoms with E-state index in [-0.39, 0.29) is 12.6 Å². The number of ether oxygens (including phenoxy) is 1. The van der Waals surface area contributed by atoms with Crippen molar-refractivity contribution in [2.75, 3.05) is 39.8 Å². The predicted octanol–water partition coefficient (Wildman–Crippen LogP) is -0.980. The molecule has 1 rings (SSSR count). The van der Waals surface area contributed by atoms with Crippen LogP contribution in [0.2, 0.25) is 0 Å². The first-order chi connectivity index (χ1) is 8.39. The fourth-order valence-electron chi connectivity index (χ4n) is 1.75. The maximum absolute atomic E-state index is 12.4. The van der Waals surface area contributed by atoms with Gasteiger partial charge in [0.2, 0.25) is 0 Å². The van der Waals surface area contributed by atoms with Crippen molar-refractivity contribution in [2.45, 2.75) is 19.9 Å². The summed E-state index contributed by atoms with van der Waals surface area (Å²) in [6, 6.07) is -0.288. The summed E-state index contributed by atoms with van der Waals surface area (Å²) < 4.78 is 31.9. The van der Waals surface area contributed by atoms with Crippen molar-refractivity contribution < 1.29 is 17.9 Å². The number of methoxy groups -OCH3 is 1. The van der Waals surface area contributed by atoms with Gasteiger partial charge in [-0.3, -0.25) is 4.79 Å². The molecule has 0 saturated carbocycles. The van der Waals surface area contributed by atoms with E-state index < -0.39 is 16.2 Å². The number of hydrogen-bond acceptors (Lipinski definition) is 5. The second-order valence-corrected chi connectivity index (χ2v) is 6.25. The molecule has 0 aromatic carbocycles. The molecule has 1 aliphatic heterocycles. The Balaban J connectivity index is 2.85. The quantitative estimate of drug-likeness (QED) is 0.654. The smallest absolute Gasteiger partial charge is 0.321 e. The minimum Gasteiger partial charge on any atom is -0.468 e. The summed E-state index contributed by atoms with van der Waals surface area (Å²) in [7, 11) is -2.35. The van der Waals surface area contributed by atoms with E-state index in [1.165, 1.54) is 15.7 Å². The fraction of sp³-hybridized carbons (Fsp3) is 0.900. The molecule has 106 valence electrons. The molecule has 1 N–H and O–H groups in total. The minimum absolute atomic E-state index is 0.250. The van der Waals surface area contributed by atoms with Crippen molar-refractivity contribution >= 4 is 16.2 Å². The molecule has 0 aromatic rings. The number of nitrogens with one attached hydrogen (secondary N) is 1. The molecule has 1 aliphatic rings. The lowest BCUT2D eigenvalue weighted by Gasteiger charge is -2.33. The Kier molecular flexibility index (Phi) is 5.51. The molecule has 0 aliphatic carbocycles. The van der Waals surface area contributed by atoms with Crippen LogP contribution in [0.5, 0.6) is 0 Å². The second kappa shape index (κ2) is 6.46. The topological polar surface area (TPSA) is 79.0 Å². The highest BCUT2D eigenvalue weighted by Crippen LogP contribution is 2.13. The lowest BCUT2D eigenvalue weighted by atomic mass is 10.4. The molecular weight excluding hydrogens is 258 g/mol. The van der Waals surface area contributed by atoms with E-state index >= 15 is 0 Å². The van der Waals surface area contributed by atoms with E-state index in [4.69, 9.17) is 0 Å². The first-order valence-corrected chi connectivity index (χ1v) is 7.33. The predicted molar refractivity (Wildman–Crippen MR) is 67.2 cm³/mol. The summed E-state index contributed by atoms with van der Waals surface area (Å²) in [6.07, 6.45) is 0. The number of esters is 1. The average molecular weight is 279 g/mol. The Labute approximate surface area is 108 Å². The summed E-state index contributed by atoms with van der Waals surface area (Å²) in [6.45, 7) is 5.33. The summed E-state index contributed by atoms with van der Waals surface area (Å²) in [5.74, 6) is -0.553. The Hall–Kier alpha value is -0.700. The van der Waals surface area contributed by atoms with Crippen LogP contribution in [-0.2, 0) is 19.7 Å². The zero-order valence-corrected chi connectivity index (χ0v) is 11.9. The van der Waals surface area contributed by atoms with Crippen molar-refractivity contribution in [1.82, 2.24) is 13.9 Å². The van der Waals surface area contributed by atoms with E-state index in [0.29, 0.717) is 26.2 Å². The lowest BCUT2D eigenvalue weighted by molar-refractivity contribution is -0.141. The zero-order chi connectivity index (χ0) is 13.8. The highest BCUT2D eigenvalue weighted by atomic mass is 32.2. The first kappa shape index (κ1) is 15.4. The van der Waals surface area contributed by atoms with Gasteiger partial charge in [0.25, 0.3) is 10.2 Å². The van der Waals surface area contributed by atoms with Gasteiger partial charge in [0, 0.05) is 32.2 Å². The van der Waals surface area contributed by atoms with Crippen LogP contribution in [0.25, 0.3) is 0 Å². The lowest BCUT2D eigenvalue weighted by Crippen LogP contribution is -2.54. The Bertz CT molecular complexity index is 377. The summed E-state index contributed by atoms with van der Waals surface area (Å²) in [5, 5.41) is 3.09. The average Bonchev–Trinajstić information content (AvgIpc) is 2.36. The van der Waals surface area contributed by atoms with Crippen LogP contribution < -0.4 is 5.32 Å². The number of carbonyl (C=O) groups excluding carboxylic acids is 1. The largest absolute Gasteiger partial charge is 0.468 e. The van der Waals surface area contributed by atoms with E-state index in [0.717, 1.165) is 0 Å². The van der Waals surface area contributed by atoms with Gasteiger partial charge in [0.1, 0.15) is 6.54 Å². The van der Waals surface area contributed by atoms with Crippen LogP contribution in [-0.4, -0.2) is 68.9 Å². The summed E-state index contributed by atoms with van der Waals surface area (Å²) in [5.41, 5.74) is 0. The summed E-state index contributed by atoms with van der Waals surface area (Å²) in [4.78, 5) is 11.3. The van der Waals surface area contributed by atoms with Gasteiger partial charge >= 0.3 is 5.97 Å². The third-order valence-electron chi connectivity index (χ3n) is 2.79. The molecule has 0 atom stereocenters. The first-order valence-electron chi connectivity index (χ1n) is 5.94. The highest BCUT2D eigenvalue weighted by Gasteiger charge is 2.33. The fourth-order valence-corrected chi connectivity index (χ4v) is 3.49. The van der Waals surface area contributed by atoms with Crippen molar-refractivity contribution in [2.24, 2.45) is 0 Å². The zero-order valence-electron chi connectivity index (χ0n) is 11.0. The monoisotopic (exact) mass is 279 g/mol. The van der Waals surface area contributed by atoms with Crippen LogP contribution in [0.4, 0.5) is 0 Å². The van der Waals surface area contributed by atoms with E-state index in [1.54, 1.807) is 13.8 Å². The van der Waals surface area contributed by atoms with Crippen LogP contribution >= 0.6 is 0 Å². The maximum Gasteiger partial charge on any atom is 0.321 e. The van der Waals surface area contributed by atoms with Gasteiger partial charge in [-0.1, -0.05) is 0 Å². The molecule has 7 nitrogen and oxygen atoms in total.